The standard InChI is InChI=1S/C24H21N5O18S6/c1-2-48(31,32)12-3-5-14(17(10-12)51(39,40)41)26-28-22-18(52(42,43)44)7-11-8-19(53(45,46)47)23(24(30)20(11)21(22)25)29-27-15-9-13(49(33,34)35)4-6-16(15)50(36,37)38/h3-10,30H,2,25H2,1H3,(H,33,34,35)(H,36,37,38)(H,39,40,41)(H,42,43,44)(H,45,46,47). The van der Waals surface area contributed by atoms with Gasteiger partial charge in [-0.1, -0.05) is 6.92 Å². The Kier molecular flexibility index (Phi) is 10.6. The summed E-state index contributed by atoms with van der Waals surface area (Å²) >= 11 is 0. The minimum absolute atomic E-state index is 0.351. The van der Waals surface area contributed by atoms with Gasteiger partial charge in [-0.3, -0.25) is 22.8 Å². The van der Waals surface area contributed by atoms with Crippen molar-refractivity contribution in [2.24, 2.45) is 20.5 Å². The third kappa shape index (κ3) is 8.65. The van der Waals surface area contributed by atoms with E-state index in [9.17, 15) is 78.4 Å². The minimum atomic E-state index is -5.51. The Morgan fingerprint density at radius 1 is 0.528 bits per heavy atom. The highest BCUT2D eigenvalue weighted by Gasteiger charge is 2.29. The van der Waals surface area contributed by atoms with Crippen LogP contribution >= 0.6 is 0 Å². The zero-order valence-corrected chi connectivity index (χ0v) is 30.6. The summed E-state index contributed by atoms with van der Waals surface area (Å²) in [6.07, 6.45) is 0. The minimum Gasteiger partial charge on any atom is -0.505 e. The summed E-state index contributed by atoms with van der Waals surface area (Å²) in [4.78, 5) is -6.56. The van der Waals surface area contributed by atoms with Gasteiger partial charge in [0.15, 0.2) is 15.6 Å². The zero-order valence-electron chi connectivity index (χ0n) is 25.7. The van der Waals surface area contributed by atoms with Gasteiger partial charge in [0.05, 0.1) is 26.6 Å². The Morgan fingerprint density at radius 2 is 1.00 bits per heavy atom. The van der Waals surface area contributed by atoms with Crippen LogP contribution in [0.2, 0.25) is 0 Å². The molecule has 0 saturated carbocycles. The average Bonchev–Trinajstić information content (AvgIpc) is 3.00. The molecule has 0 aliphatic heterocycles. The number of phenols is 1. The van der Waals surface area contributed by atoms with Crippen LogP contribution in [0, 0.1) is 0 Å². The molecule has 4 aromatic rings. The molecule has 0 amide bonds. The first kappa shape index (κ1) is 41.2. The molecular weight excluding hydrogens is 839 g/mol. The van der Waals surface area contributed by atoms with Crippen molar-refractivity contribution in [3.05, 3.63) is 48.5 Å². The molecule has 53 heavy (non-hydrogen) atoms. The van der Waals surface area contributed by atoms with Gasteiger partial charge in [-0.25, -0.2) is 8.42 Å². The molecule has 29 heteroatoms. The predicted molar refractivity (Wildman–Crippen MR) is 178 cm³/mol. The fourth-order valence-corrected chi connectivity index (χ4v) is 8.47. The molecule has 0 atom stereocenters. The van der Waals surface area contributed by atoms with Crippen molar-refractivity contribution in [2.75, 3.05) is 11.5 Å². The molecule has 4 aromatic carbocycles. The van der Waals surface area contributed by atoms with Gasteiger partial charge in [-0.15, -0.1) is 20.5 Å². The number of hydrogen-bond acceptors (Lipinski definition) is 18. The Labute approximate surface area is 299 Å². The molecule has 286 valence electrons. The van der Waals surface area contributed by atoms with Crippen molar-refractivity contribution in [2.45, 2.75) is 36.3 Å². The molecule has 0 aromatic heterocycles. The number of fused-ring (bicyclic) bond motifs is 1. The Hall–Kier alpha value is -4.56. The van der Waals surface area contributed by atoms with E-state index in [0.717, 1.165) is 12.1 Å². The maximum Gasteiger partial charge on any atom is 0.296 e. The molecule has 0 aliphatic rings. The zero-order chi connectivity index (χ0) is 40.3. The van der Waals surface area contributed by atoms with E-state index in [0.29, 0.717) is 36.4 Å². The van der Waals surface area contributed by atoms with Crippen molar-refractivity contribution < 1.29 is 78.4 Å². The van der Waals surface area contributed by atoms with E-state index < -0.39 is 141 Å². The maximum absolute atomic E-state index is 12.4. The van der Waals surface area contributed by atoms with Gasteiger partial charge in [0.25, 0.3) is 50.6 Å². The maximum atomic E-state index is 12.4. The van der Waals surface area contributed by atoms with Crippen LogP contribution in [-0.4, -0.2) is 84.1 Å². The lowest BCUT2D eigenvalue weighted by Crippen LogP contribution is -2.06. The predicted octanol–water partition coefficient (Wildman–Crippen LogP) is 2.99. The number of hydrogen-bond donors (Lipinski definition) is 7. The van der Waals surface area contributed by atoms with Crippen molar-refractivity contribution in [3.63, 3.8) is 0 Å². The molecule has 8 N–H and O–H groups in total. The smallest absolute Gasteiger partial charge is 0.296 e. The molecule has 4 rings (SSSR count). The molecule has 23 nitrogen and oxygen atoms in total. The lowest BCUT2D eigenvalue weighted by molar-refractivity contribution is 0.472. The number of aromatic hydroxyl groups is 1. The van der Waals surface area contributed by atoms with Crippen LogP contribution in [0.15, 0.2) is 98.4 Å². The van der Waals surface area contributed by atoms with Gasteiger partial charge in [0, 0.05) is 0 Å². The Morgan fingerprint density at radius 3 is 1.49 bits per heavy atom. The summed E-state index contributed by atoms with van der Waals surface area (Å²) in [7, 11) is -30.5. The summed E-state index contributed by atoms with van der Waals surface area (Å²) in [6.45, 7) is 1.23. The molecule has 0 unspecified atom stereocenters. The third-order valence-electron chi connectivity index (χ3n) is 6.84. The van der Waals surface area contributed by atoms with E-state index in [1.54, 1.807) is 0 Å². The number of phenolic OH excluding ortho intramolecular Hbond substituents is 1. The van der Waals surface area contributed by atoms with Crippen molar-refractivity contribution in [1.29, 1.82) is 0 Å². The van der Waals surface area contributed by atoms with Crippen LogP contribution in [0.5, 0.6) is 5.75 Å². The fraction of sp³-hybridized carbons (Fsp3) is 0.0833. The summed E-state index contributed by atoms with van der Waals surface area (Å²) in [6, 6.07) is 4.30. The highest BCUT2D eigenvalue weighted by molar-refractivity contribution is 7.91. The van der Waals surface area contributed by atoms with Gasteiger partial charge in [-0.2, -0.15) is 42.1 Å². The second-order valence-electron chi connectivity index (χ2n) is 10.2. The summed E-state index contributed by atoms with van der Waals surface area (Å²) in [5.41, 5.74) is 0.769. The number of nitrogens with two attached hydrogens (primary N) is 1. The average molecular weight is 860 g/mol. The van der Waals surface area contributed by atoms with Crippen LogP contribution in [0.3, 0.4) is 0 Å². The molecule has 0 spiro atoms. The van der Waals surface area contributed by atoms with E-state index in [1.165, 1.54) is 6.92 Å². The van der Waals surface area contributed by atoms with Crippen LogP contribution in [-0.2, 0) is 60.4 Å². The van der Waals surface area contributed by atoms with E-state index in [1.807, 2.05) is 0 Å². The molecule has 0 aliphatic carbocycles. The summed E-state index contributed by atoms with van der Waals surface area (Å²) < 4.78 is 194. The number of nitrogens with zero attached hydrogens (tertiary/aromatic N) is 4. The number of nitrogen functional groups attached to an aromatic ring is 1. The molecule has 0 fully saturated rings. The number of benzene rings is 4. The van der Waals surface area contributed by atoms with Gasteiger partial charge in [0.1, 0.15) is 42.3 Å². The third-order valence-corrected chi connectivity index (χ3v) is 12.9. The second-order valence-corrected chi connectivity index (χ2v) is 19.5. The van der Waals surface area contributed by atoms with Crippen LogP contribution in [0.4, 0.5) is 28.4 Å². The normalized spacial score (nSPS) is 13.7. The van der Waals surface area contributed by atoms with Gasteiger partial charge < -0.3 is 10.8 Å². The first-order valence-electron chi connectivity index (χ1n) is 13.3. The molecule has 0 radical (unpaired) electrons. The number of azo groups is 2. The molecule has 0 saturated heterocycles. The van der Waals surface area contributed by atoms with Crippen LogP contribution < -0.4 is 5.73 Å². The number of sulfone groups is 1. The first-order chi connectivity index (χ1) is 24.0. The summed E-state index contributed by atoms with van der Waals surface area (Å²) in [5.74, 6) is -1.89. The van der Waals surface area contributed by atoms with E-state index >= 15 is 0 Å². The largest absolute Gasteiger partial charge is 0.505 e. The second kappa shape index (κ2) is 13.7. The summed E-state index contributed by atoms with van der Waals surface area (Å²) in [5, 5.41) is 23.4. The van der Waals surface area contributed by atoms with Crippen molar-refractivity contribution in [3.8, 4) is 5.75 Å². The van der Waals surface area contributed by atoms with Crippen LogP contribution in [0.1, 0.15) is 6.92 Å². The SMILES string of the molecule is CCS(=O)(=O)c1ccc(N=Nc2c(S(=O)(=O)O)cc3cc(S(=O)(=O)O)c(N=Nc4cc(S(=O)(=O)O)ccc4S(=O)(=O)O)c(O)c3c2N)c(S(=O)(=O)O)c1. The van der Waals surface area contributed by atoms with E-state index in [2.05, 4.69) is 20.5 Å². The van der Waals surface area contributed by atoms with Gasteiger partial charge >= 0.3 is 0 Å². The first-order valence-corrected chi connectivity index (χ1v) is 22.2. The topological polar surface area (TPSA) is 402 Å². The van der Waals surface area contributed by atoms with Crippen molar-refractivity contribution >= 4 is 99.6 Å². The fourth-order valence-electron chi connectivity index (χ4n) is 4.41. The highest BCUT2D eigenvalue weighted by Crippen LogP contribution is 2.48. The van der Waals surface area contributed by atoms with E-state index in [4.69, 9.17) is 5.73 Å². The quantitative estimate of drug-likeness (QED) is 0.0647. The van der Waals surface area contributed by atoms with Crippen molar-refractivity contribution in [1.82, 2.24) is 0 Å². The Bertz CT molecular complexity index is 2980. The van der Waals surface area contributed by atoms with Gasteiger partial charge in [0.2, 0.25) is 0 Å². The number of anilines is 1. The Balaban J connectivity index is 2.09. The highest BCUT2D eigenvalue weighted by atomic mass is 32.2. The molecule has 0 bridgehead atoms. The molecular formula is C24H21N5O18S6. The lowest BCUT2D eigenvalue weighted by atomic mass is 10.1. The van der Waals surface area contributed by atoms with Crippen LogP contribution in [0.25, 0.3) is 10.8 Å². The van der Waals surface area contributed by atoms with E-state index in [-0.39, 0.29) is 0 Å². The molecule has 0 heterocycles. The monoisotopic (exact) mass is 859 g/mol. The lowest BCUT2D eigenvalue weighted by Gasteiger charge is -2.14. The van der Waals surface area contributed by atoms with Gasteiger partial charge in [-0.05, 0) is 53.9 Å². The number of rotatable bonds is 11.